The summed E-state index contributed by atoms with van der Waals surface area (Å²) in [5.41, 5.74) is -0.961. The Morgan fingerprint density at radius 2 is 2.12 bits per heavy atom. The van der Waals surface area contributed by atoms with E-state index in [-0.39, 0.29) is 6.03 Å². The molecule has 0 aromatic heterocycles. The number of hydrogen-bond acceptors (Lipinski definition) is 2. The normalized spacial score (nSPS) is 34.3. The number of amides is 2. The summed E-state index contributed by atoms with van der Waals surface area (Å²) in [6, 6.07) is -0.215. The van der Waals surface area contributed by atoms with Gasteiger partial charge in [0.15, 0.2) is 0 Å². The van der Waals surface area contributed by atoms with Crippen molar-refractivity contribution in [3.63, 3.8) is 0 Å². The first-order chi connectivity index (χ1) is 8.06. The Labute approximate surface area is 101 Å². The second-order valence-electron chi connectivity index (χ2n) is 5.26. The fourth-order valence-electron chi connectivity index (χ4n) is 2.88. The van der Waals surface area contributed by atoms with Crippen LogP contribution in [0, 0.1) is 5.92 Å². The number of carbonyl (C=O) groups excluding carboxylic acids is 1. The molecule has 5 heteroatoms. The molecule has 17 heavy (non-hydrogen) atoms. The van der Waals surface area contributed by atoms with E-state index < -0.39 is 11.5 Å². The van der Waals surface area contributed by atoms with Crippen molar-refractivity contribution in [3.05, 3.63) is 0 Å². The molecule has 1 saturated carbocycles. The molecule has 0 unspecified atom stereocenters. The molecule has 5 nitrogen and oxygen atoms in total. The topological polar surface area (TPSA) is 69.6 Å². The molecule has 96 valence electrons. The van der Waals surface area contributed by atoms with Gasteiger partial charge in [0.1, 0.15) is 5.54 Å². The van der Waals surface area contributed by atoms with Crippen LogP contribution in [0.1, 0.15) is 39.0 Å². The van der Waals surface area contributed by atoms with E-state index in [1.54, 1.807) is 4.90 Å². The smallest absolute Gasteiger partial charge is 0.329 e. The third-order valence-corrected chi connectivity index (χ3v) is 4.10. The molecule has 0 aromatic carbocycles. The van der Waals surface area contributed by atoms with Gasteiger partial charge in [-0.15, -0.1) is 0 Å². The Hall–Kier alpha value is -1.26. The van der Waals surface area contributed by atoms with Gasteiger partial charge in [-0.1, -0.05) is 6.92 Å². The summed E-state index contributed by atoms with van der Waals surface area (Å²) in [5, 5.41) is 12.3. The molecule has 0 bridgehead atoms. The van der Waals surface area contributed by atoms with Crippen LogP contribution in [0.3, 0.4) is 0 Å². The minimum atomic E-state index is -0.961. The molecule has 2 amide bonds. The number of urea groups is 1. The number of carboxylic acid groups (broad SMARTS) is 1. The Kier molecular flexibility index (Phi) is 3.26. The maximum Gasteiger partial charge on any atom is 0.329 e. The fourth-order valence-corrected chi connectivity index (χ4v) is 2.88. The van der Waals surface area contributed by atoms with Gasteiger partial charge in [-0.25, -0.2) is 9.59 Å². The molecule has 0 atom stereocenters. The number of carboxylic acids is 1. The largest absolute Gasteiger partial charge is 0.479 e. The quantitative estimate of drug-likeness (QED) is 0.767. The fraction of sp³-hybridized carbons (Fsp3) is 0.833. The minimum absolute atomic E-state index is 0.215. The third kappa shape index (κ3) is 2.10. The van der Waals surface area contributed by atoms with Crippen LogP contribution in [0.2, 0.25) is 0 Å². The SMILES string of the molecule is CC1CCC(C(=O)O)(N2CCCNC2=O)CC1. The highest BCUT2D eigenvalue weighted by atomic mass is 16.4. The number of aliphatic carboxylic acids is 1. The van der Waals surface area contributed by atoms with Crippen molar-refractivity contribution >= 4 is 12.0 Å². The molecule has 2 aliphatic rings. The summed E-state index contributed by atoms with van der Waals surface area (Å²) < 4.78 is 0. The highest BCUT2D eigenvalue weighted by Gasteiger charge is 2.48. The first-order valence-electron chi connectivity index (χ1n) is 6.35. The molecule has 1 saturated heterocycles. The van der Waals surface area contributed by atoms with Gasteiger partial charge in [0.25, 0.3) is 0 Å². The number of nitrogens with one attached hydrogen (secondary N) is 1. The lowest BCUT2D eigenvalue weighted by Crippen LogP contribution is -2.63. The Bertz CT molecular complexity index is 322. The molecular weight excluding hydrogens is 220 g/mol. The maximum atomic E-state index is 11.8. The zero-order valence-electron chi connectivity index (χ0n) is 10.2. The molecule has 0 aromatic rings. The van der Waals surface area contributed by atoms with E-state index in [0.29, 0.717) is 31.8 Å². The van der Waals surface area contributed by atoms with Crippen LogP contribution >= 0.6 is 0 Å². The average molecular weight is 240 g/mol. The molecule has 0 radical (unpaired) electrons. The molecule has 1 aliphatic carbocycles. The van der Waals surface area contributed by atoms with Crippen LogP contribution in [-0.2, 0) is 4.79 Å². The van der Waals surface area contributed by atoms with Gasteiger partial charge < -0.3 is 15.3 Å². The number of hydrogen-bond donors (Lipinski definition) is 2. The molecule has 1 heterocycles. The van der Waals surface area contributed by atoms with E-state index in [4.69, 9.17) is 0 Å². The number of rotatable bonds is 2. The van der Waals surface area contributed by atoms with Crippen molar-refractivity contribution in [1.29, 1.82) is 0 Å². The molecular formula is C12H20N2O3. The summed E-state index contributed by atoms with van der Waals surface area (Å²) in [4.78, 5) is 25.0. The van der Waals surface area contributed by atoms with Gasteiger partial charge in [-0.3, -0.25) is 0 Å². The van der Waals surface area contributed by atoms with Crippen molar-refractivity contribution in [2.24, 2.45) is 5.92 Å². The molecule has 2 N–H and O–H groups in total. The lowest BCUT2D eigenvalue weighted by molar-refractivity contribution is -0.152. The number of nitrogens with zero attached hydrogens (tertiary/aromatic N) is 1. The van der Waals surface area contributed by atoms with Crippen molar-refractivity contribution in [2.75, 3.05) is 13.1 Å². The summed E-state index contributed by atoms with van der Waals surface area (Å²) >= 11 is 0. The second kappa shape index (κ2) is 4.55. The standard InChI is InChI=1S/C12H20N2O3/c1-9-3-5-12(6-4-9,10(15)16)14-8-2-7-13-11(14)17/h9H,2-8H2,1H3,(H,13,17)(H,15,16). The van der Waals surface area contributed by atoms with Crippen LogP contribution in [0.4, 0.5) is 4.79 Å². The van der Waals surface area contributed by atoms with Crippen LogP contribution in [-0.4, -0.2) is 40.6 Å². The first-order valence-corrected chi connectivity index (χ1v) is 6.35. The van der Waals surface area contributed by atoms with E-state index in [2.05, 4.69) is 12.2 Å². The van der Waals surface area contributed by atoms with Crippen LogP contribution in [0.15, 0.2) is 0 Å². The van der Waals surface area contributed by atoms with Gasteiger partial charge in [0.05, 0.1) is 0 Å². The Morgan fingerprint density at radius 1 is 1.47 bits per heavy atom. The zero-order chi connectivity index (χ0) is 12.5. The third-order valence-electron chi connectivity index (χ3n) is 4.10. The van der Waals surface area contributed by atoms with E-state index in [1.165, 1.54) is 0 Å². The first kappa shape index (κ1) is 12.2. The predicted octanol–water partition coefficient (Wildman–Crippen LogP) is 1.44. The van der Waals surface area contributed by atoms with Crippen LogP contribution in [0.25, 0.3) is 0 Å². The van der Waals surface area contributed by atoms with Gasteiger partial charge in [-0.05, 0) is 38.0 Å². The van der Waals surface area contributed by atoms with E-state index in [9.17, 15) is 14.7 Å². The highest BCUT2D eigenvalue weighted by molar-refractivity contribution is 5.86. The maximum absolute atomic E-state index is 11.8. The molecule has 1 aliphatic heterocycles. The molecule has 0 spiro atoms. The minimum Gasteiger partial charge on any atom is -0.479 e. The van der Waals surface area contributed by atoms with Crippen molar-refractivity contribution < 1.29 is 14.7 Å². The predicted molar refractivity (Wildman–Crippen MR) is 62.7 cm³/mol. The van der Waals surface area contributed by atoms with E-state index in [1.807, 2.05) is 0 Å². The van der Waals surface area contributed by atoms with Crippen molar-refractivity contribution in [3.8, 4) is 0 Å². The van der Waals surface area contributed by atoms with Gasteiger partial charge in [0, 0.05) is 13.1 Å². The van der Waals surface area contributed by atoms with E-state index in [0.717, 1.165) is 19.3 Å². The van der Waals surface area contributed by atoms with Gasteiger partial charge in [-0.2, -0.15) is 0 Å². The average Bonchev–Trinajstić information content (AvgIpc) is 2.31. The summed E-state index contributed by atoms with van der Waals surface area (Å²) in [6.07, 6.45) is 3.76. The summed E-state index contributed by atoms with van der Waals surface area (Å²) in [7, 11) is 0. The van der Waals surface area contributed by atoms with Gasteiger partial charge >= 0.3 is 12.0 Å². The summed E-state index contributed by atoms with van der Waals surface area (Å²) in [6.45, 7) is 3.36. The molecule has 2 rings (SSSR count). The van der Waals surface area contributed by atoms with Crippen LogP contribution < -0.4 is 5.32 Å². The highest BCUT2D eigenvalue weighted by Crippen LogP contribution is 2.37. The second-order valence-corrected chi connectivity index (χ2v) is 5.26. The Morgan fingerprint density at radius 3 is 2.65 bits per heavy atom. The summed E-state index contributed by atoms with van der Waals surface area (Å²) in [5.74, 6) is -0.281. The Balaban J connectivity index is 2.21. The van der Waals surface area contributed by atoms with Crippen molar-refractivity contribution in [1.82, 2.24) is 10.2 Å². The lowest BCUT2D eigenvalue weighted by atomic mass is 9.76. The molecule has 2 fully saturated rings. The van der Waals surface area contributed by atoms with Crippen molar-refractivity contribution in [2.45, 2.75) is 44.6 Å². The van der Waals surface area contributed by atoms with Crippen LogP contribution in [0.5, 0.6) is 0 Å². The monoisotopic (exact) mass is 240 g/mol. The van der Waals surface area contributed by atoms with Gasteiger partial charge in [0.2, 0.25) is 0 Å². The number of carbonyl (C=O) groups is 2. The van der Waals surface area contributed by atoms with E-state index >= 15 is 0 Å². The zero-order valence-corrected chi connectivity index (χ0v) is 10.2. The lowest BCUT2D eigenvalue weighted by Gasteiger charge is -2.45.